The Morgan fingerprint density at radius 1 is 1.33 bits per heavy atom. The molecule has 1 N–H and O–H groups in total. The third-order valence-electron chi connectivity index (χ3n) is 2.82. The second-order valence-electron chi connectivity index (χ2n) is 3.67. The minimum Gasteiger partial charge on any atom is -0.381 e. The van der Waals surface area contributed by atoms with E-state index in [0.29, 0.717) is 0 Å². The highest BCUT2D eigenvalue weighted by atomic mass is 16.5. The number of hydrogen-bond donors (Lipinski definition) is 1. The van der Waals surface area contributed by atoms with Gasteiger partial charge in [0.15, 0.2) is 0 Å². The van der Waals surface area contributed by atoms with Crippen LogP contribution in [0.15, 0.2) is 0 Å². The van der Waals surface area contributed by atoms with Crippen molar-refractivity contribution in [2.75, 3.05) is 26.8 Å². The Labute approximate surface area is 75.7 Å². The van der Waals surface area contributed by atoms with Gasteiger partial charge in [0.1, 0.15) is 0 Å². The topological polar surface area (TPSA) is 21.3 Å². The summed E-state index contributed by atoms with van der Waals surface area (Å²) < 4.78 is 5.47. The highest BCUT2D eigenvalue weighted by molar-refractivity contribution is 4.78. The highest BCUT2D eigenvalue weighted by Crippen LogP contribution is 2.31. The molecule has 1 rings (SSSR count). The maximum Gasteiger partial charge on any atom is 0.0497 e. The fraction of sp³-hybridized carbons (Fsp3) is 1.00. The molecule has 2 atom stereocenters. The molecule has 0 aromatic rings. The zero-order chi connectivity index (χ0) is 8.81. The molecule has 0 saturated heterocycles. The summed E-state index contributed by atoms with van der Waals surface area (Å²) in [6.07, 6.45) is 4.15. The summed E-state index contributed by atoms with van der Waals surface area (Å²) in [7, 11) is 2.04. The molecular weight excluding hydrogens is 150 g/mol. The van der Waals surface area contributed by atoms with Gasteiger partial charge in [0.05, 0.1) is 0 Å². The standard InChI is InChI=1S/C10H21NO/c1-3-12-8-10-6-4-5-9(10)7-11-2/h9-11H,3-8H2,1-2H3. The van der Waals surface area contributed by atoms with Gasteiger partial charge >= 0.3 is 0 Å². The molecule has 12 heavy (non-hydrogen) atoms. The summed E-state index contributed by atoms with van der Waals surface area (Å²) in [5.41, 5.74) is 0. The Morgan fingerprint density at radius 2 is 2.08 bits per heavy atom. The lowest BCUT2D eigenvalue weighted by molar-refractivity contribution is 0.0956. The first kappa shape index (κ1) is 10.0. The third kappa shape index (κ3) is 2.76. The van der Waals surface area contributed by atoms with Crippen molar-refractivity contribution in [3.05, 3.63) is 0 Å². The van der Waals surface area contributed by atoms with E-state index in [2.05, 4.69) is 12.2 Å². The van der Waals surface area contributed by atoms with Gasteiger partial charge in [-0.15, -0.1) is 0 Å². The van der Waals surface area contributed by atoms with Crippen LogP contribution in [0.4, 0.5) is 0 Å². The summed E-state index contributed by atoms with van der Waals surface area (Å²) in [6, 6.07) is 0. The van der Waals surface area contributed by atoms with Crippen LogP contribution in [-0.2, 0) is 4.74 Å². The summed E-state index contributed by atoms with van der Waals surface area (Å²) in [6.45, 7) is 5.07. The van der Waals surface area contributed by atoms with Gasteiger partial charge in [0.25, 0.3) is 0 Å². The van der Waals surface area contributed by atoms with Crippen LogP contribution in [0.5, 0.6) is 0 Å². The van der Waals surface area contributed by atoms with E-state index in [1.807, 2.05) is 7.05 Å². The minimum atomic E-state index is 0.817. The molecule has 0 aliphatic heterocycles. The van der Waals surface area contributed by atoms with Crippen LogP contribution in [0.1, 0.15) is 26.2 Å². The van der Waals surface area contributed by atoms with Crippen molar-refractivity contribution >= 4 is 0 Å². The van der Waals surface area contributed by atoms with Gasteiger partial charge in [-0.2, -0.15) is 0 Å². The van der Waals surface area contributed by atoms with E-state index in [-0.39, 0.29) is 0 Å². The molecule has 72 valence electrons. The number of ether oxygens (including phenoxy) is 1. The second kappa shape index (κ2) is 5.55. The molecular formula is C10H21NO. The van der Waals surface area contributed by atoms with Crippen molar-refractivity contribution in [1.82, 2.24) is 5.32 Å². The smallest absolute Gasteiger partial charge is 0.0497 e. The van der Waals surface area contributed by atoms with Gasteiger partial charge in [-0.1, -0.05) is 6.42 Å². The number of rotatable bonds is 5. The van der Waals surface area contributed by atoms with Crippen LogP contribution >= 0.6 is 0 Å². The minimum absolute atomic E-state index is 0.817. The lowest BCUT2D eigenvalue weighted by Gasteiger charge is -2.18. The van der Waals surface area contributed by atoms with E-state index in [9.17, 15) is 0 Å². The van der Waals surface area contributed by atoms with Crippen LogP contribution in [-0.4, -0.2) is 26.8 Å². The predicted molar refractivity (Wildman–Crippen MR) is 51.3 cm³/mol. The Hall–Kier alpha value is -0.0800. The van der Waals surface area contributed by atoms with Gasteiger partial charge in [0, 0.05) is 13.2 Å². The average molecular weight is 171 g/mol. The largest absolute Gasteiger partial charge is 0.381 e. The van der Waals surface area contributed by atoms with Gasteiger partial charge in [0.2, 0.25) is 0 Å². The molecule has 2 heteroatoms. The molecule has 0 aromatic heterocycles. The van der Waals surface area contributed by atoms with Gasteiger partial charge in [-0.3, -0.25) is 0 Å². The van der Waals surface area contributed by atoms with Gasteiger partial charge in [-0.05, 0) is 45.2 Å². The van der Waals surface area contributed by atoms with Crippen molar-refractivity contribution < 1.29 is 4.74 Å². The molecule has 0 bridgehead atoms. The number of nitrogens with one attached hydrogen (secondary N) is 1. The van der Waals surface area contributed by atoms with Crippen molar-refractivity contribution in [3.63, 3.8) is 0 Å². The summed E-state index contributed by atoms with van der Waals surface area (Å²) in [5, 5.41) is 3.26. The fourth-order valence-corrected chi connectivity index (χ4v) is 2.13. The Kier molecular flexibility index (Phi) is 4.62. The van der Waals surface area contributed by atoms with Gasteiger partial charge < -0.3 is 10.1 Å². The highest BCUT2D eigenvalue weighted by Gasteiger charge is 2.26. The quantitative estimate of drug-likeness (QED) is 0.679. The third-order valence-corrected chi connectivity index (χ3v) is 2.82. The van der Waals surface area contributed by atoms with E-state index in [4.69, 9.17) is 4.74 Å². The molecule has 0 amide bonds. The van der Waals surface area contributed by atoms with Crippen LogP contribution in [0, 0.1) is 11.8 Å². The Bertz CT molecular complexity index is 116. The summed E-state index contributed by atoms with van der Waals surface area (Å²) in [4.78, 5) is 0. The SMILES string of the molecule is CCOCC1CCCC1CNC. The number of hydrogen-bond acceptors (Lipinski definition) is 2. The van der Waals surface area contributed by atoms with E-state index in [0.717, 1.165) is 31.6 Å². The average Bonchev–Trinajstić information content (AvgIpc) is 2.50. The Balaban J connectivity index is 2.20. The monoisotopic (exact) mass is 171 g/mol. The zero-order valence-electron chi connectivity index (χ0n) is 8.31. The van der Waals surface area contributed by atoms with Crippen molar-refractivity contribution in [2.24, 2.45) is 11.8 Å². The lowest BCUT2D eigenvalue weighted by Crippen LogP contribution is -2.24. The molecule has 0 heterocycles. The molecule has 2 nitrogen and oxygen atoms in total. The van der Waals surface area contributed by atoms with Gasteiger partial charge in [-0.25, -0.2) is 0 Å². The van der Waals surface area contributed by atoms with E-state index in [1.54, 1.807) is 0 Å². The summed E-state index contributed by atoms with van der Waals surface area (Å²) >= 11 is 0. The first-order chi connectivity index (χ1) is 5.88. The van der Waals surface area contributed by atoms with Crippen LogP contribution < -0.4 is 5.32 Å². The summed E-state index contributed by atoms with van der Waals surface area (Å²) in [5.74, 6) is 1.68. The second-order valence-corrected chi connectivity index (χ2v) is 3.67. The molecule has 1 fully saturated rings. The Morgan fingerprint density at radius 3 is 2.75 bits per heavy atom. The molecule has 0 radical (unpaired) electrons. The first-order valence-corrected chi connectivity index (χ1v) is 5.10. The fourth-order valence-electron chi connectivity index (χ4n) is 2.13. The maximum absolute atomic E-state index is 5.47. The molecule has 0 aromatic carbocycles. The molecule has 1 aliphatic rings. The van der Waals surface area contributed by atoms with E-state index < -0.39 is 0 Å². The zero-order valence-corrected chi connectivity index (χ0v) is 8.31. The van der Waals surface area contributed by atoms with Crippen molar-refractivity contribution in [3.8, 4) is 0 Å². The van der Waals surface area contributed by atoms with Crippen LogP contribution in [0.25, 0.3) is 0 Å². The molecule has 2 unspecified atom stereocenters. The van der Waals surface area contributed by atoms with E-state index in [1.165, 1.54) is 19.3 Å². The van der Waals surface area contributed by atoms with Crippen molar-refractivity contribution in [2.45, 2.75) is 26.2 Å². The van der Waals surface area contributed by atoms with Crippen LogP contribution in [0.2, 0.25) is 0 Å². The van der Waals surface area contributed by atoms with Crippen molar-refractivity contribution in [1.29, 1.82) is 0 Å². The first-order valence-electron chi connectivity index (χ1n) is 5.10. The predicted octanol–water partition coefficient (Wildman–Crippen LogP) is 1.66. The van der Waals surface area contributed by atoms with E-state index >= 15 is 0 Å². The molecule has 0 spiro atoms. The lowest BCUT2D eigenvalue weighted by atomic mass is 9.97. The normalized spacial score (nSPS) is 29.5. The van der Waals surface area contributed by atoms with Crippen LogP contribution in [0.3, 0.4) is 0 Å². The maximum atomic E-state index is 5.47. The molecule has 1 saturated carbocycles. The molecule has 1 aliphatic carbocycles.